The molecule has 1 aromatic carbocycles. The number of nitrogens with zero attached hydrogens (tertiary/aromatic N) is 3. The molecule has 0 saturated heterocycles. The summed E-state index contributed by atoms with van der Waals surface area (Å²) in [4.78, 5) is 40.4. The van der Waals surface area contributed by atoms with Gasteiger partial charge in [0.15, 0.2) is 18.0 Å². The van der Waals surface area contributed by atoms with Crippen molar-refractivity contribution in [3.63, 3.8) is 0 Å². The van der Waals surface area contributed by atoms with E-state index in [1.807, 2.05) is 19.3 Å². The summed E-state index contributed by atoms with van der Waals surface area (Å²) >= 11 is 1.12. The SMILES string of the molecule is CCOC(=O)c1c(-c2cccc([N+](=O)[O-])c2)csc1NC(=O)COc1cccn2cc(C)nc12. The number of anilines is 1. The first-order chi connectivity index (χ1) is 16.4. The van der Waals surface area contributed by atoms with Crippen LogP contribution in [-0.4, -0.2) is 39.4 Å². The fourth-order valence-corrected chi connectivity index (χ4v) is 4.36. The topological polar surface area (TPSA) is 125 Å². The van der Waals surface area contributed by atoms with Crippen LogP contribution in [0.3, 0.4) is 0 Å². The summed E-state index contributed by atoms with van der Waals surface area (Å²) in [6.07, 6.45) is 3.67. The number of aromatic nitrogens is 2. The summed E-state index contributed by atoms with van der Waals surface area (Å²) in [7, 11) is 0. The van der Waals surface area contributed by atoms with Gasteiger partial charge in [-0.1, -0.05) is 12.1 Å². The summed E-state index contributed by atoms with van der Waals surface area (Å²) < 4.78 is 12.6. The van der Waals surface area contributed by atoms with Gasteiger partial charge in [0.05, 0.1) is 17.2 Å². The van der Waals surface area contributed by atoms with Crippen LogP contribution in [0.2, 0.25) is 0 Å². The first kappa shape index (κ1) is 22.9. The predicted molar refractivity (Wildman–Crippen MR) is 126 cm³/mol. The molecule has 0 aliphatic heterocycles. The number of nitrogens with one attached hydrogen (secondary N) is 1. The van der Waals surface area contributed by atoms with Gasteiger partial charge in [-0.15, -0.1) is 11.3 Å². The first-order valence-corrected chi connectivity index (χ1v) is 11.2. The Morgan fingerprint density at radius 1 is 1.26 bits per heavy atom. The smallest absolute Gasteiger partial charge is 0.341 e. The van der Waals surface area contributed by atoms with Crippen LogP contribution in [0.4, 0.5) is 10.7 Å². The number of pyridine rings is 1. The number of benzene rings is 1. The van der Waals surface area contributed by atoms with Crippen molar-refractivity contribution in [1.29, 1.82) is 0 Å². The Labute approximate surface area is 197 Å². The minimum absolute atomic E-state index is 0.110. The summed E-state index contributed by atoms with van der Waals surface area (Å²) in [6, 6.07) is 9.41. The number of fused-ring (bicyclic) bond motifs is 1. The number of esters is 1. The van der Waals surface area contributed by atoms with Crippen LogP contribution in [0, 0.1) is 17.0 Å². The molecule has 1 amide bonds. The van der Waals surface area contributed by atoms with Crippen molar-refractivity contribution in [2.75, 3.05) is 18.5 Å². The van der Waals surface area contributed by atoms with E-state index in [4.69, 9.17) is 9.47 Å². The van der Waals surface area contributed by atoms with Gasteiger partial charge in [-0.25, -0.2) is 9.78 Å². The lowest BCUT2D eigenvalue weighted by Crippen LogP contribution is -2.21. The van der Waals surface area contributed by atoms with Gasteiger partial charge in [0.25, 0.3) is 11.6 Å². The highest BCUT2D eigenvalue weighted by molar-refractivity contribution is 7.15. The molecule has 10 nitrogen and oxygen atoms in total. The molecule has 0 fully saturated rings. The monoisotopic (exact) mass is 480 g/mol. The Balaban J connectivity index is 1.57. The maximum absolute atomic E-state index is 12.7. The number of hydrogen-bond donors (Lipinski definition) is 1. The van der Waals surface area contributed by atoms with Crippen LogP contribution < -0.4 is 10.1 Å². The van der Waals surface area contributed by atoms with Gasteiger partial charge in [-0.3, -0.25) is 14.9 Å². The van der Waals surface area contributed by atoms with E-state index >= 15 is 0 Å². The van der Waals surface area contributed by atoms with Gasteiger partial charge in [-0.2, -0.15) is 0 Å². The average Bonchev–Trinajstić information content (AvgIpc) is 3.40. The third-order valence-corrected chi connectivity index (χ3v) is 5.71. The molecule has 0 radical (unpaired) electrons. The number of non-ortho nitro benzene ring substituents is 1. The predicted octanol–water partition coefficient (Wildman–Crippen LogP) is 4.47. The summed E-state index contributed by atoms with van der Waals surface area (Å²) in [5, 5.41) is 15.8. The van der Waals surface area contributed by atoms with E-state index in [2.05, 4.69) is 10.3 Å². The van der Waals surface area contributed by atoms with Crippen LogP contribution in [0.25, 0.3) is 16.8 Å². The molecule has 0 spiro atoms. The lowest BCUT2D eigenvalue weighted by Gasteiger charge is -2.10. The van der Waals surface area contributed by atoms with Crippen molar-refractivity contribution in [3.05, 3.63) is 75.5 Å². The number of nitro benzene ring substituents is 1. The molecule has 0 aliphatic carbocycles. The standard InChI is InChI=1S/C23H20N4O6S/c1-3-32-23(29)20-17(15-6-4-7-16(10-15)27(30)31)13-34-22(20)25-19(28)12-33-18-8-5-9-26-11-14(2)24-21(18)26/h4-11,13H,3,12H2,1-2H3,(H,25,28). The fraction of sp³-hybridized carbons (Fsp3) is 0.174. The minimum Gasteiger partial charge on any atom is -0.480 e. The molecule has 11 heteroatoms. The second-order valence-corrected chi connectivity index (χ2v) is 8.08. The zero-order valence-electron chi connectivity index (χ0n) is 18.3. The molecule has 4 aromatic rings. The highest BCUT2D eigenvalue weighted by Gasteiger charge is 2.24. The zero-order chi connectivity index (χ0) is 24.2. The largest absolute Gasteiger partial charge is 0.480 e. The highest BCUT2D eigenvalue weighted by atomic mass is 32.1. The Kier molecular flexibility index (Phi) is 6.55. The quantitative estimate of drug-likeness (QED) is 0.224. The fourth-order valence-electron chi connectivity index (χ4n) is 3.38. The van der Waals surface area contributed by atoms with Crippen molar-refractivity contribution >= 4 is 39.5 Å². The van der Waals surface area contributed by atoms with E-state index in [1.165, 1.54) is 18.2 Å². The maximum atomic E-state index is 12.7. The highest BCUT2D eigenvalue weighted by Crippen LogP contribution is 2.37. The van der Waals surface area contributed by atoms with E-state index in [0.717, 1.165) is 17.0 Å². The average molecular weight is 481 g/mol. The zero-order valence-corrected chi connectivity index (χ0v) is 19.1. The van der Waals surface area contributed by atoms with E-state index in [0.29, 0.717) is 22.5 Å². The molecule has 174 valence electrons. The number of carbonyl (C=O) groups is 2. The Morgan fingerprint density at radius 2 is 2.09 bits per heavy atom. The number of nitro groups is 1. The van der Waals surface area contributed by atoms with E-state index in [1.54, 1.807) is 34.9 Å². The third kappa shape index (κ3) is 4.74. The summed E-state index contributed by atoms with van der Waals surface area (Å²) in [5.74, 6) is -0.679. The number of carbonyl (C=O) groups excluding carboxylic acids is 2. The van der Waals surface area contributed by atoms with Gasteiger partial charge >= 0.3 is 5.97 Å². The molecule has 34 heavy (non-hydrogen) atoms. The number of rotatable bonds is 8. The van der Waals surface area contributed by atoms with Crippen molar-refractivity contribution in [2.24, 2.45) is 0 Å². The molecule has 0 unspecified atom stereocenters. The van der Waals surface area contributed by atoms with Gasteiger partial charge in [0.1, 0.15) is 10.6 Å². The number of ether oxygens (including phenoxy) is 2. The van der Waals surface area contributed by atoms with E-state index < -0.39 is 16.8 Å². The van der Waals surface area contributed by atoms with Crippen LogP contribution in [0.1, 0.15) is 23.0 Å². The minimum atomic E-state index is -0.640. The Hall–Kier alpha value is -4.25. The Morgan fingerprint density at radius 3 is 2.85 bits per heavy atom. The summed E-state index contributed by atoms with van der Waals surface area (Å²) in [5.41, 5.74) is 2.32. The number of hydrogen-bond acceptors (Lipinski definition) is 8. The van der Waals surface area contributed by atoms with E-state index in [9.17, 15) is 19.7 Å². The van der Waals surface area contributed by atoms with Crippen molar-refractivity contribution in [3.8, 4) is 16.9 Å². The maximum Gasteiger partial charge on any atom is 0.341 e. The second-order valence-electron chi connectivity index (χ2n) is 7.20. The second kappa shape index (κ2) is 9.71. The van der Waals surface area contributed by atoms with Crippen molar-refractivity contribution in [2.45, 2.75) is 13.8 Å². The first-order valence-electron chi connectivity index (χ1n) is 10.3. The van der Waals surface area contributed by atoms with Gasteiger partial charge in [0, 0.05) is 35.5 Å². The van der Waals surface area contributed by atoms with Crippen molar-refractivity contribution < 1.29 is 24.0 Å². The normalized spacial score (nSPS) is 10.8. The number of thiophene rings is 1. The molecular formula is C23H20N4O6S. The lowest BCUT2D eigenvalue weighted by molar-refractivity contribution is -0.384. The van der Waals surface area contributed by atoms with Crippen LogP contribution in [-0.2, 0) is 9.53 Å². The molecule has 0 aliphatic rings. The summed E-state index contributed by atoms with van der Waals surface area (Å²) in [6.45, 7) is 3.35. The molecule has 0 saturated carbocycles. The molecule has 1 N–H and O–H groups in total. The van der Waals surface area contributed by atoms with Gasteiger partial charge in [0.2, 0.25) is 0 Å². The number of imidazole rings is 1. The third-order valence-electron chi connectivity index (χ3n) is 4.82. The number of amides is 1. The van der Waals surface area contributed by atoms with Gasteiger partial charge < -0.3 is 19.2 Å². The van der Waals surface area contributed by atoms with Crippen LogP contribution >= 0.6 is 11.3 Å². The van der Waals surface area contributed by atoms with Crippen molar-refractivity contribution in [1.82, 2.24) is 9.38 Å². The lowest BCUT2D eigenvalue weighted by atomic mass is 10.0. The van der Waals surface area contributed by atoms with Crippen LogP contribution in [0.15, 0.2) is 54.2 Å². The molecular weight excluding hydrogens is 460 g/mol. The Bertz CT molecular complexity index is 1390. The molecule has 0 atom stereocenters. The molecule has 0 bridgehead atoms. The molecule has 3 aromatic heterocycles. The van der Waals surface area contributed by atoms with Gasteiger partial charge in [-0.05, 0) is 31.5 Å². The molecule has 4 rings (SSSR count). The molecule has 3 heterocycles. The van der Waals surface area contributed by atoms with E-state index in [-0.39, 0.29) is 29.5 Å². The number of aryl methyl sites for hydroxylation is 1. The van der Waals surface area contributed by atoms with Crippen LogP contribution in [0.5, 0.6) is 5.75 Å².